The molecular weight excluding hydrogens is 380 g/mol. The predicted octanol–water partition coefficient (Wildman–Crippen LogP) is 3.08. The van der Waals surface area contributed by atoms with E-state index in [4.69, 9.17) is 4.84 Å². The van der Waals surface area contributed by atoms with Crippen LogP contribution in [0.4, 0.5) is 0 Å². The zero-order chi connectivity index (χ0) is 20.5. The van der Waals surface area contributed by atoms with Crippen LogP contribution in [0.1, 0.15) is 55.2 Å². The standard InChI is InChI=1S/C22H26N6O2/c1-15-25-21-13-17(6-10-27(21)26-15)12-16-2-4-18(5-3-16)22(29)28-20(7-11-30-28)19-14-23-8-9-24-19/h6,8-10,13-14,16,18,20H,2-5,7,11-12H2,1H3/t16?,18?,20-/m0/s1. The Morgan fingerprint density at radius 3 is 2.87 bits per heavy atom. The highest BCUT2D eigenvalue weighted by Crippen LogP contribution is 2.36. The van der Waals surface area contributed by atoms with Crippen molar-refractivity contribution in [2.24, 2.45) is 11.8 Å². The summed E-state index contributed by atoms with van der Waals surface area (Å²) < 4.78 is 1.82. The molecule has 0 spiro atoms. The first-order valence-electron chi connectivity index (χ1n) is 10.7. The molecule has 1 saturated heterocycles. The highest BCUT2D eigenvalue weighted by atomic mass is 16.7. The topological polar surface area (TPSA) is 85.5 Å². The van der Waals surface area contributed by atoms with E-state index < -0.39 is 0 Å². The average molecular weight is 406 g/mol. The fourth-order valence-electron chi connectivity index (χ4n) is 4.73. The van der Waals surface area contributed by atoms with Crippen molar-refractivity contribution in [3.8, 4) is 0 Å². The van der Waals surface area contributed by atoms with Crippen molar-refractivity contribution >= 4 is 11.6 Å². The number of rotatable bonds is 4. The average Bonchev–Trinajstić information content (AvgIpc) is 3.40. The predicted molar refractivity (Wildman–Crippen MR) is 109 cm³/mol. The van der Waals surface area contributed by atoms with Crippen molar-refractivity contribution in [2.75, 3.05) is 6.61 Å². The van der Waals surface area contributed by atoms with Gasteiger partial charge in [-0.05, 0) is 62.6 Å². The molecule has 2 fully saturated rings. The zero-order valence-corrected chi connectivity index (χ0v) is 17.1. The first-order chi connectivity index (χ1) is 14.7. The third-order valence-electron chi connectivity index (χ3n) is 6.27. The first-order valence-corrected chi connectivity index (χ1v) is 10.7. The van der Waals surface area contributed by atoms with Crippen molar-refractivity contribution in [3.63, 3.8) is 0 Å². The monoisotopic (exact) mass is 406 g/mol. The molecular formula is C22H26N6O2. The minimum atomic E-state index is -0.123. The molecule has 0 radical (unpaired) electrons. The van der Waals surface area contributed by atoms with E-state index in [1.807, 2.05) is 17.6 Å². The van der Waals surface area contributed by atoms with E-state index in [-0.39, 0.29) is 17.9 Å². The molecule has 3 aromatic rings. The smallest absolute Gasteiger partial charge is 0.249 e. The van der Waals surface area contributed by atoms with E-state index in [9.17, 15) is 4.79 Å². The maximum atomic E-state index is 13.1. The van der Waals surface area contributed by atoms with Crippen molar-refractivity contribution in [2.45, 2.75) is 51.5 Å². The third-order valence-corrected chi connectivity index (χ3v) is 6.27. The summed E-state index contributed by atoms with van der Waals surface area (Å²) in [6.45, 7) is 2.46. The number of aryl methyl sites for hydroxylation is 1. The number of pyridine rings is 1. The molecule has 0 aromatic carbocycles. The summed E-state index contributed by atoms with van der Waals surface area (Å²) in [4.78, 5) is 31.8. The van der Waals surface area contributed by atoms with Gasteiger partial charge in [0.15, 0.2) is 5.65 Å². The van der Waals surface area contributed by atoms with E-state index in [2.05, 4.69) is 32.2 Å². The number of carbonyl (C=O) groups excluding carboxylic acids is 1. The summed E-state index contributed by atoms with van der Waals surface area (Å²) in [6.07, 6.45) is 12.7. The van der Waals surface area contributed by atoms with Gasteiger partial charge in [-0.1, -0.05) is 0 Å². The molecule has 8 heteroatoms. The molecule has 1 atom stereocenters. The minimum absolute atomic E-state index is 0.0279. The number of carbonyl (C=O) groups is 1. The largest absolute Gasteiger partial charge is 0.272 e. The van der Waals surface area contributed by atoms with Gasteiger partial charge in [-0.25, -0.2) is 14.6 Å². The summed E-state index contributed by atoms with van der Waals surface area (Å²) in [5, 5.41) is 5.91. The molecule has 3 aromatic heterocycles. The number of hydroxylamine groups is 2. The van der Waals surface area contributed by atoms with Gasteiger partial charge in [-0.2, -0.15) is 5.10 Å². The van der Waals surface area contributed by atoms with Crippen LogP contribution >= 0.6 is 0 Å². The van der Waals surface area contributed by atoms with Gasteiger partial charge in [0, 0.05) is 30.9 Å². The van der Waals surface area contributed by atoms with Crippen LogP contribution in [0.15, 0.2) is 36.9 Å². The van der Waals surface area contributed by atoms with Gasteiger partial charge in [0.1, 0.15) is 11.9 Å². The molecule has 1 aliphatic carbocycles. The highest BCUT2D eigenvalue weighted by molar-refractivity contribution is 5.78. The molecule has 5 rings (SSSR count). The number of hydrogen-bond donors (Lipinski definition) is 0. The number of hydrogen-bond acceptors (Lipinski definition) is 6. The Morgan fingerprint density at radius 1 is 1.20 bits per heavy atom. The number of fused-ring (bicyclic) bond motifs is 1. The molecule has 0 N–H and O–H groups in total. The van der Waals surface area contributed by atoms with E-state index in [1.54, 1.807) is 23.7 Å². The van der Waals surface area contributed by atoms with Crippen molar-refractivity contribution in [3.05, 3.63) is 54.0 Å². The second kappa shape index (κ2) is 8.10. The maximum Gasteiger partial charge on any atom is 0.249 e. The number of nitrogens with zero attached hydrogens (tertiary/aromatic N) is 6. The molecule has 2 aliphatic rings. The molecule has 1 aliphatic heterocycles. The van der Waals surface area contributed by atoms with Gasteiger partial charge in [0.2, 0.25) is 5.91 Å². The minimum Gasteiger partial charge on any atom is -0.272 e. The molecule has 156 valence electrons. The zero-order valence-electron chi connectivity index (χ0n) is 17.1. The van der Waals surface area contributed by atoms with Gasteiger partial charge in [0.25, 0.3) is 0 Å². The third kappa shape index (κ3) is 3.79. The van der Waals surface area contributed by atoms with Crippen molar-refractivity contribution in [1.82, 2.24) is 29.6 Å². The maximum absolute atomic E-state index is 13.1. The summed E-state index contributed by atoms with van der Waals surface area (Å²) in [7, 11) is 0. The summed E-state index contributed by atoms with van der Waals surface area (Å²) in [5.74, 6) is 1.51. The molecule has 4 heterocycles. The second-order valence-electron chi connectivity index (χ2n) is 8.35. The Balaban J connectivity index is 1.19. The number of amides is 1. The van der Waals surface area contributed by atoms with Gasteiger partial charge in [-0.15, -0.1) is 0 Å². The summed E-state index contributed by atoms with van der Waals surface area (Å²) in [5.41, 5.74) is 2.99. The second-order valence-corrected chi connectivity index (χ2v) is 8.35. The van der Waals surface area contributed by atoms with Crippen LogP contribution in [0, 0.1) is 18.8 Å². The molecule has 1 amide bonds. The molecule has 1 saturated carbocycles. The Bertz CT molecular complexity index is 1030. The first kappa shape index (κ1) is 19.1. The quantitative estimate of drug-likeness (QED) is 0.662. The van der Waals surface area contributed by atoms with Crippen LogP contribution in [0.3, 0.4) is 0 Å². The van der Waals surface area contributed by atoms with Crippen LogP contribution in [-0.4, -0.2) is 42.1 Å². The van der Waals surface area contributed by atoms with Crippen molar-refractivity contribution < 1.29 is 9.63 Å². The van der Waals surface area contributed by atoms with Crippen LogP contribution < -0.4 is 0 Å². The van der Waals surface area contributed by atoms with Gasteiger partial charge in [0.05, 0.1) is 18.5 Å². The van der Waals surface area contributed by atoms with Crippen molar-refractivity contribution in [1.29, 1.82) is 0 Å². The highest BCUT2D eigenvalue weighted by Gasteiger charge is 2.37. The van der Waals surface area contributed by atoms with E-state index in [1.165, 1.54) is 5.56 Å². The Labute approximate surface area is 175 Å². The lowest BCUT2D eigenvalue weighted by atomic mass is 9.79. The van der Waals surface area contributed by atoms with E-state index in [0.717, 1.165) is 55.7 Å². The Morgan fingerprint density at radius 2 is 2.07 bits per heavy atom. The van der Waals surface area contributed by atoms with Gasteiger partial charge < -0.3 is 0 Å². The fourth-order valence-corrected chi connectivity index (χ4v) is 4.73. The fraction of sp³-hybridized carbons (Fsp3) is 0.500. The van der Waals surface area contributed by atoms with E-state index >= 15 is 0 Å². The summed E-state index contributed by atoms with van der Waals surface area (Å²) in [6, 6.07) is 4.13. The van der Waals surface area contributed by atoms with Crippen LogP contribution in [-0.2, 0) is 16.1 Å². The van der Waals surface area contributed by atoms with Crippen LogP contribution in [0.2, 0.25) is 0 Å². The Kier molecular flexibility index (Phi) is 5.16. The molecule has 30 heavy (non-hydrogen) atoms. The van der Waals surface area contributed by atoms with Gasteiger partial charge >= 0.3 is 0 Å². The van der Waals surface area contributed by atoms with Crippen LogP contribution in [0.25, 0.3) is 5.65 Å². The summed E-state index contributed by atoms with van der Waals surface area (Å²) >= 11 is 0. The Hall–Kier alpha value is -2.87. The SMILES string of the molecule is Cc1nc2cc(CC3CCC(C(=O)N4OCC[C@H]4c4cnccn4)CC3)ccn2n1. The van der Waals surface area contributed by atoms with E-state index in [0.29, 0.717) is 12.5 Å². The van der Waals surface area contributed by atoms with Gasteiger partial charge in [-0.3, -0.25) is 19.6 Å². The van der Waals surface area contributed by atoms with Crippen LogP contribution in [0.5, 0.6) is 0 Å². The lowest BCUT2D eigenvalue weighted by Gasteiger charge is -2.31. The molecule has 8 nitrogen and oxygen atoms in total. The normalized spacial score (nSPS) is 24.4. The number of aromatic nitrogens is 5. The lowest BCUT2D eigenvalue weighted by Crippen LogP contribution is -2.37. The molecule has 0 unspecified atom stereocenters. The lowest BCUT2D eigenvalue weighted by molar-refractivity contribution is -0.183. The molecule has 0 bridgehead atoms.